The lowest BCUT2D eigenvalue weighted by Crippen LogP contribution is -2.43. The summed E-state index contributed by atoms with van der Waals surface area (Å²) < 4.78 is 35.1. The van der Waals surface area contributed by atoms with Gasteiger partial charge in [0.15, 0.2) is 5.76 Å². The number of hydrogen-bond donors (Lipinski definition) is 1. The molecule has 1 N–H and O–H groups in total. The van der Waals surface area contributed by atoms with Crippen molar-refractivity contribution in [2.75, 3.05) is 25.5 Å². The number of sulfonamides is 1. The van der Waals surface area contributed by atoms with E-state index in [4.69, 9.17) is 4.42 Å². The van der Waals surface area contributed by atoms with Crippen molar-refractivity contribution in [2.45, 2.75) is 49.5 Å². The first kappa shape index (κ1) is 23.0. The molecule has 2 amide bonds. The second kappa shape index (κ2) is 9.78. The van der Waals surface area contributed by atoms with E-state index in [-0.39, 0.29) is 22.5 Å². The zero-order valence-corrected chi connectivity index (χ0v) is 19.4. The van der Waals surface area contributed by atoms with E-state index < -0.39 is 16.1 Å². The molecule has 4 rings (SSSR count). The van der Waals surface area contributed by atoms with E-state index in [1.165, 1.54) is 23.3 Å². The highest BCUT2D eigenvalue weighted by Gasteiger charge is 2.35. The lowest BCUT2D eigenvalue weighted by Gasteiger charge is -2.23. The first-order valence-electron chi connectivity index (χ1n) is 11.2. The highest BCUT2D eigenvalue weighted by atomic mass is 32.2. The molecule has 2 fully saturated rings. The van der Waals surface area contributed by atoms with Crippen molar-refractivity contribution >= 4 is 33.4 Å². The third-order valence-corrected chi connectivity index (χ3v) is 7.31. The van der Waals surface area contributed by atoms with Gasteiger partial charge in [-0.25, -0.2) is 0 Å². The molecule has 0 spiro atoms. The second-order valence-electron chi connectivity index (χ2n) is 8.37. The number of carbonyl (C=O) groups is 2. The van der Waals surface area contributed by atoms with Gasteiger partial charge in [0, 0.05) is 32.2 Å². The first-order valence-corrected chi connectivity index (χ1v) is 12.6. The maximum absolute atomic E-state index is 12.9. The normalized spacial score (nSPS) is 20.6. The molecule has 2 saturated heterocycles. The molecular weight excluding hydrogens is 444 g/mol. The van der Waals surface area contributed by atoms with Gasteiger partial charge in [-0.15, -0.1) is 4.40 Å². The van der Waals surface area contributed by atoms with Crippen LogP contribution in [0.25, 0.3) is 0 Å². The van der Waals surface area contributed by atoms with E-state index in [2.05, 4.69) is 9.71 Å². The number of likely N-dealkylation sites (tertiary alicyclic amines) is 2. The van der Waals surface area contributed by atoms with Crippen molar-refractivity contribution in [3.8, 4) is 0 Å². The van der Waals surface area contributed by atoms with Gasteiger partial charge in [-0.3, -0.25) is 9.59 Å². The van der Waals surface area contributed by atoms with Crippen LogP contribution in [-0.2, 0) is 14.8 Å². The Labute approximate surface area is 193 Å². The summed E-state index contributed by atoms with van der Waals surface area (Å²) in [6, 6.07) is 8.60. The second-order valence-corrected chi connectivity index (χ2v) is 9.97. The fourth-order valence-corrected chi connectivity index (χ4v) is 5.36. The van der Waals surface area contributed by atoms with Crippen LogP contribution in [0.3, 0.4) is 0 Å². The third kappa shape index (κ3) is 5.27. The summed E-state index contributed by atoms with van der Waals surface area (Å²) in [5.74, 6) is 0.0412. The number of carbonyl (C=O) groups excluding carboxylic acids is 2. The van der Waals surface area contributed by atoms with E-state index >= 15 is 0 Å². The van der Waals surface area contributed by atoms with Crippen LogP contribution in [0.15, 0.2) is 56.4 Å². The SMILES string of the molecule is CN1CCCCC/C1=N\S(=O)(=O)c1cccc(NC(=O)[C@@H]2CCCN2C(=O)c2ccco2)c1. The summed E-state index contributed by atoms with van der Waals surface area (Å²) in [5.41, 5.74) is 0.341. The number of nitrogens with one attached hydrogen (secondary N) is 1. The molecular formula is C23H28N4O5S. The Bertz CT molecular complexity index is 1140. The fraction of sp³-hybridized carbons (Fsp3) is 0.435. The maximum Gasteiger partial charge on any atom is 0.290 e. The number of rotatable bonds is 5. The molecule has 176 valence electrons. The van der Waals surface area contributed by atoms with Gasteiger partial charge in [0.2, 0.25) is 5.91 Å². The van der Waals surface area contributed by atoms with E-state index in [9.17, 15) is 18.0 Å². The smallest absolute Gasteiger partial charge is 0.290 e. The van der Waals surface area contributed by atoms with Crippen LogP contribution >= 0.6 is 0 Å². The summed E-state index contributed by atoms with van der Waals surface area (Å²) in [6.07, 6.45) is 6.22. The van der Waals surface area contributed by atoms with Crippen LogP contribution in [0, 0.1) is 0 Å². The van der Waals surface area contributed by atoms with E-state index in [1.807, 2.05) is 11.9 Å². The van der Waals surface area contributed by atoms with Crippen LogP contribution < -0.4 is 5.32 Å². The van der Waals surface area contributed by atoms with E-state index in [1.54, 1.807) is 24.3 Å². The summed E-state index contributed by atoms with van der Waals surface area (Å²) in [6.45, 7) is 1.23. The van der Waals surface area contributed by atoms with Crippen molar-refractivity contribution in [1.82, 2.24) is 9.80 Å². The zero-order chi connectivity index (χ0) is 23.4. The standard InChI is InChI=1S/C23H28N4O5S/c1-26-13-4-2-3-12-21(26)25-33(30,31)18-9-5-8-17(16-18)24-22(28)19-10-6-14-27(19)23(29)20-11-7-15-32-20/h5,7-9,11,15-16,19H,2-4,6,10,12-14H2,1H3,(H,24,28)/b25-21+/t19-/m0/s1. The monoisotopic (exact) mass is 472 g/mol. The molecule has 3 heterocycles. The van der Waals surface area contributed by atoms with Gasteiger partial charge in [0.25, 0.3) is 15.9 Å². The van der Waals surface area contributed by atoms with Crippen molar-refractivity contribution in [3.05, 3.63) is 48.4 Å². The van der Waals surface area contributed by atoms with Crippen molar-refractivity contribution in [1.29, 1.82) is 0 Å². The molecule has 1 atom stereocenters. The van der Waals surface area contributed by atoms with Crippen molar-refractivity contribution in [3.63, 3.8) is 0 Å². The number of hydrogen-bond acceptors (Lipinski definition) is 5. The fourth-order valence-electron chi connectivity index (χ4n) is 4.22. The van der Waals surface area contributed by atoms with Crippen LogP contribution in [0.2, 0.25) is 0 Å². The highest BCUT2D eigenvalue weighted by molar-refractivity contribution is 7.90. The van der Waals surface area contributed by atoms with Crippen LogP contribution in [-0.4, -0.2) is 62.0 Å². The lowest BCUT2D eigenvalue weighted by atomic mass is 10.2. The average Bonchev–Trinajstić information content (AvgIpc) is 3.46. The minimum Gasteiger partial charge on any atom is -0.459 e. The van der Waals surface area contributed by atoms with Crippen molar-refractivity contribution < 1.29 is 22.4 Å². The Morgan fingerprint density at radius 1 is 1.09 bits per heavy atom. The zero-order valence-electron chi connectivity index (χ0n) is 18.6. The predicted octanol–water partition coefficient (Wildman–Crippen LogP) is 3.12. The molecule has 0 saturated carbocycles. The Morgan fingerprint density at radius 3 is 2.73 bits per heavy atom. The Morgan fingerprint density at radius 2 is 1.94 bits per heavy atom. The number of anilines is 1. The topological polar surface area (TPSA) is 112 Å². The predicted molar refractivity (Wildman–Crippen MR) is 124 cm³/mol. The minimum atomic E-state index is -3.92. The largest absolute Gasteiger partial charge is 0.459 e. The first-order chi connectivity index (χ1) is 15.8. The van der Waals surface area contributed by atoms with Gasteiger partial charge < -0.3 is 19.5 Å². The molecule has 0 unspecified atom stereocenters. The number of furan rings is 1. The van der Waals surface area contributed by atoms with E-state index in [0.29, 0.717) is 37.3 Å². The minimum absolute atomic E-state index is 0.0142. The molecule has 0 radical (unpaired) electrons. The Hall–Kier alpha value is -3.14. The van der Waals surface area contributed by atoms with Gasteiger partial charge >= 0.3 is 0 Å². The van der Waals surface area contributed by atoms with Crippen molar-refractivity contribution in [2.24, 2.45) is 4.40 Å². The molecule has 0 bridgehead atoms. The summed E-state index contributed by atoms with van der Waals surface area (Å²) in [5, 5.41) is 2.76. The van der Waals surface area contributed by atoms with Gasteiger partial charge in [-0.2, -0.15) is 8.42 Å². The average molecular weight is 473 g/mol. The Balaban J connectivity index is 1.49. The quantitative estimate of drug-likeness (QED) is 0.716. The third-order valence-electron chi connectivity index (χ3n) is 6.01. The molecule has 1 aromatic heterocycles. The van der Waals surface area contributed by atoms with Gasteiger partial charge in [0.1, 0.15) is 11.9 Å². The molecule has 0 aliphatic carbocycles. The molecule has 10 heteroatoms. The molecule has 2 aromatic rings. The summed E-state index contributed by atoms with van der Waals surface area (Å²) in [7, 11) is -2.07. The van der Waals surface area contributed by atoms with Crippen LogP contribution in [0.1, 0.15) is 49.1 Å². The highest BCUT2D eigenvalue weighted by Crippen LogP contribution is 2.24. The van der Waals surface area contributed by atoms with Crippen LogP contribution in [0.4, 0.5) is 5.69 Å². The lowest BCUT2D eigenvalue weighted by molar-refractivity contribution is -0.119. The summed E-state index contributed by atoms with van der Waals surface area (Å²) in [4.78, 5) is 29.0. The van der Waals surface area contributed by atoms with E-state index in [0.717, 1.165) is 25.8 Å². The number of amidine groups is 1. The summed E-state index contributed by atoms with van der Waals surface area (Å²) >= 11 is 0. The van der Waals surface area contributed by atoms with Gasteiger partial charge in [-0.1, -0.05) is 12.5 Å². The Kier molecular flexibility index (Phi) is 6.83. The molecule has 2 aliphatic heterocycles. The molecule has 33 heavy (non-hydrogen) atoms. The number of benzene rings is 1. The number of amides is 2. The van der Waals surface area contributed by atoms with Gasteiger partial charge in [0.05, 0.1) is 11.2 Å². The maximum atomic E-state index is 12.9. The molecule has 1 aromatic carbocycles. The number of nitrogens with zero attached hydrogens (tertiary/aromatic N) is 3. The molecule has 9 nitrogen and oxygen atoms in total. The van der Waals surface area contributed by atoms with Gasteiger partial charge in [-0.05, 0) is 56.0 Å². The van der Waals surface area contributed by atoms with Crippen LogP contribution in [0.5, 0.6) is 0 Å². The molecule has 2 aliphatic rings.